The Morgan fingerprint density at radius 1 is 1.27 bits per heavy atom. The number of morpholine rings is 1. The molecule has 13 heteroatoms. The zero-order chi connectivity index (χ0) is 24.3. The summed E-state index contributed by atoms with van der Waals surface area (Å²) < 4.78 is 72.2. The summed E-state index contributed by atoms with van der Waals surface area (Å²) >= 11 is 0. The molecule has 1 saturated heterocycles. The molecule has 2 aliphatic rings. The number of amides is 3. The summed E-state index contributed by atoms with van der Waals surface area (Å²) in [5, 5.41) is 2.01. The van der Waals surface area contributed by atoms with Gasteiger partial charge in [0.15, 0.2) is 6.04 Å². The summed E-state index contributed by atoms with van der Waals surface area (Å²) in [6.07, 6.45) is -6.35. The largest absolute Gasteiger partial charge is 0.418 e. The predicted octanol–water partition coefficient (Wildman–Crippen LogP) is 1.84. The molecule has 33 heavy (non-hydrogen) atoms. The van der Waals surface area contributed by atoms with E-state index < -0.39 is 54.2 Å². The van der Waals surface area contributed by atoms with Gasteiger partial charge in [-0.15, -0.1) is 0 Å². The Labute approximate surface area is 185 Å². The molecule has 0 spiro atoms. The van der Waals surface area contributed by atoms with Gasteiger partial charge in [-0.25, -0.2) is 8.78 Å². The van der Waals surface area contributed by atoms with Crippen molar-refractivity contribution in [1.82, 2.24) is 4.90 Å². The van der Waals surface area contributed by atoms with Crippen molar-refractivity contribution in [2.24, 2.45) is 11.7 Å². The van der Waals surface area contributed by atoms with Gasteiger partial charge in [-0.1, -0.05) is 0 Å². The maximum absolute atomic E-state index is 13.7. The van der Waals surface area contributed by atoms with Crippen LogP contribution in [0.5, 0.6) is 0 Å². The van der Waals surface area contributed by atoms with Crippen LogP contribution >= 0.6 is 0 Å². The van der Waals surface area contributed by atoms with Crippen LogP contribution in [0.1, 0.15) is 18.4 Å². The first-order chi connectivity index (χ1) is 15.5. The van der Waals surface area contributed by atoms with Crippen LogP contribution in [0.15, 0.2) is 18.2 Å². The Morgan fingerprint density at radius 3 is 2.52 bits per heavy atom. The maximum Gasteiger partial charge on any atom is 0.418 e. The van der Waals surface area contributed by atoms with Gasteiger partial charge in [-0.05, 0) is 37.0 Å². The van der Waals surface area contributed by atoms with Gasteiger partial charge in [-0.3, -0.25) is 19.3 Å². The van der Waals surface area contributed by atoms with Crippen molar-refractivity contribution in [3.8, 4) is 0 Å². The summed E-state index contributed by atoms with van der Waals surface area (Å²) in [6.45, 7) is -1.01. The highest BCUT2D eigenvalue weighted by Crippen LogP contribution is 2.38. The minimum Gasteiger partial charge on any atom is -0.370 e. The number of hydrogen-bond acceptors (Lipinski definition) is 5. The van der Waals surface area contributed by atoms with Crippen molar-refractivity contribution in [1.29, 1.82) is 0 Å². The molecule has 1 aromatic rings. The number of benzene rings is 1. The number of carbonyl (C=O) groups excluding carboxylic acids is 3. The predicted molar refractivity (Wildman–Crippen MR) is 107 cm³/mol. The van der Waals surface area contributed by atoms with Crippen molar-refractivity contribution < 1.29 is 41.1 Å². The molecule has 0 unspecified atom stereocenters. The fourth-order valence-electron chi connectivity index (χ4n) is 3.61. The van der Waals surface area contributed by atoms with E-state index in [1.807, 2.05) is 5.32 Å². The van der Waals surface area contributed by atoms with Gasteiger partial charge >= 0.3 is 6.18 Å². The highest BCUT2D eigenvalue weighted by Gasteiger charge is 2.39. The first kappa shape index (κ1) is 24.8. The monoisotopic (exact) mass is 478 g/mol. The molecule has 8 nitrogen and oxygen atoms in total. The lowest BCUT2D eigenvalue weighted by atomic mass is 10.1. The average molecular weight is 478 g/mol. The number of ether oxygens (including phenoxy) is 1. The van der Waals surface area contributed by atoms with Crippen LogP contribution in [0, 0.1) is 5.92 Å². The molecule has 0 radical (unpaired) electrons. The molecule has 3 amide bonds. The lowest BCUT2D eigenvalue weighted by Gasteiger charge is -2.29. The van der Waals surface area contributed by atoms with E-state index in [0.29, 0.717) is 6.07 Å². The number of carbonyl (C=O) groups is 3. The van der Waals surface area contributed by atoms with Gasteiger partial charge in [0.25, 0.3) is 18.2 Å². The fraction of sp³-hybridized carbons (Fsp3) is 0.550. The third-order valence-corrected chi connectivity index (χ3v) is 5.31. The molecular weight excluding hydrogens is 455 g/mol. The number of rotatable bonds is 9. The van der Waals surface area contributed by atoms with Crippen molar-refractivity contribution in [3.05, 3.63) is 23.8 Å². The van der Waals surface area contributed by atoms with E-state index in [0.717, 1.165) is 28.7 Å². The number of anilines is 2. The average Bonchev–Trinajstić information content (AvgIpc) is 3.51. The van der Waals surface area contributed by atoms with Crippen molar-refractivity contribution in [2.75, 3.05) is 43.1 Å². The molecule has 1 atom stereocenters. The smallest absolute Gasteiger partial charge is 0.370 e. The minimum absolute atomic E-state index is 0.00439. The van der Waals surface area contributed by atoms with Crippen LogP contribution in [0.25, 0.3) is 0 Å². The number of halogens is 5. The highest BCUT2D eigenvalue weighted by atomic mass is 19.4. The lowest BCUT2D eigenvalue weighted by molar-refractivity contribution is -0.137. The summed E-state index contributed by atoms with van der Waals surface area (Å²) in [6, 6.07) is 0.962. The summed E-state index contributed by atoms with van der Waals surface area (Å²) in [7, 11) is 0. The molecule has 2 fully saturated rings. The molecule has 1 aromatic carbocycles. The molecule has 1 aliphatic heterocycles. The van der Waals surface area contributed by atoms with E-state index in [-0.39, 0.29) is 37.9 Å². The molecule has 1 heterocycles. The zero-order valence-corrected chi connectivity index (χ0v) is 17.4. The van der Waals surface area contributed by atoms with Crippen LogP contribution in [0.2, 0.25) is 0 Å². The first-order valence-corrected chi connectivity index (χ1v) is 10.2. The number of nitrogens with two attached hydrogens (primary N) is 1. The Hall–Kier alpha value is -2.80. The molecule has 0 aromatic heterocycles. The minimum atomic E-state index is -4.92. The zero-order valence-electron chi connectivity index (χ0n) is 17.4. The van der Waals surface area contributed by atoms with Crippen LogP contribution < -0.4 is 16.0 Å². The molecule has 1 saturated carbocycles. The number of hydrogen-bond donors (Lipinski definition) is 2. The van der Waals surface area contributed by atoms with Crippen LogP contribution in [0.4, 0.5) is 33.3 Å². The van der Waals surface area contributed by atoms with Crippen LogP contribution in [-0.2, 0) is 25.3 Å². The van der Waals surface area contributed by atoms with E-state index in [4.69, 9.17) is 10.5 Å². The van der Waals surface area contributed by atoms with Gasteiger partial charge in [-0.2, -0.15) is 13.2 Å². The van der Waals surface area contributed by atoms with E-state index >= 15 is 0 Å². The molecule has 1 aliphatic carbocycles. The standard InChI is InChI=1S/C20H23F5N4O4/c21-15(22)9-28(8-11-1-2-11)17(18(26)31)19(32)27-14-4-3-12(7-13(14)20(23,24)25)29-5-6-33-10-16(29)30/h3-4,7,11,15,17H,1-2,5-6,8-10H2,(H2,26,31)(H,27,32)/t17-/m1/s1. The van der Waals surface area contributed by atoms with Crippen LogP contribution in [-0.4, -0.2) is 67.9 Å². The highest BCUT2D eigenvalue weighted by molar-refractivity contribution is 6.10. The molecule has 0 bridgehead atoms. The van der Waals surface area contributed by atoms with Crippen LogP contribution in [0.3, 0.4) is 0 Å². The first-order valence-electron chi connectivity index (χ1n) is 10.2. The van der Waals surface area contributed by atoms with E-state index in [1.165, 1.54) is 6.07 Å². The third kappa shape index (κ3) is 6.38. The summed E-state index contributed by atoms with van der Waals surface area (Å²) in [4.78, 5) is 38.7. The van der Waals surface area contributed by atoms with Crippen molar-refractivity contribution in [3.63, 3.8) is 0 Å². The summed E-state index contributed by atoms with van der Waals surface area (Å²) in [5.74, 6) is -3.01. The second-order valence-corrected chi connectivity index (χ2v) is 7.91. The molecule has 3 N–H and O–H groups in total. The number of alkyl halides is 5. The Bertz CT molecular complexity index is 903. The van der Waals surface area contributed by atoms with Gasteiger partial charge in [0.1, 0.15) is 6.61 Å². The molecule has 182 valence electrons. The number of primary amides is 1. The quantitative estimate of drug-likeness (QED) is 0.416. The van der Waals surface area contributed by atoms with Gasteiger partial charge < -0.3 is 20.7 Å². The lowest BCUT2D eigenvalue weighted by Crippen LogP contribution is -2.54. The van der Waals surface area contributed by atoms with E-state index in [2.05, 4.69) is 0 Å². The Morgan fingerprint density at radius 2 is 1.97 bits per heavy atom. The van der Waals surface area contributed by atoms with Gasteiger partial charge in [0, 0.05) is 18.8 Å². The summed E-state index contributed by atoms with van der Waals surface area (Å²) in [5.41, 5.74) is 3.26. The Balaban J connectivity index is 1.88. The second-order valence-electron chi connectivity index (χ2n) is 7.91. The van der Waals surface area contributed by atoms with Gasteiger partial charge in [0.2, 0.25) is 5.91 Å². The van der Waals surface area contributed by atoms with Crippen molar-refractivity contribution in [2.45, 2.75) is 31.5 Å². The normalized spacial score (nSPS) is 18.0. The van der Waals surface area contributed by atoms with E-state index in [9.17, 15) is 36.3 Å². The topological polar surface area (TPSA) is 105 Å². The van der Waals surface area contributed by atoms with Crippen molar-refractivity contribution >= 4 is 29.1 Å². The molecule has 3 rings (SSSR count). The molecular formula is C20H23F5N4O4. The fourth-order valence-corrected chi connectivity index (χ4v) is 3.61. The number of nitrogens with zero attached hydrogens (tertiary/aromatic N) is 2. The number of nitrogens with one attached hydrogen (secondary N) is 1. The van der Waals surface area contributed by atoms with E-state index in [1.54, 1.807) is 0 Å². The SMILES string of the molecule is NC(=O)[C@H](C(=O)Nc1ccc(N2CCOCC2=O)cc1C(F)(F)F)N(CC(F)F)CC1CC1. The third-order valence-electron chi connectivity index (χ3n) is 5.31. The maximum atomic E-state index is 13.7. The van der Waals surface area contributed by atoms with Gasteiger partial charge in [0.05, 0.1) is 24.4 Å². The Kier molecular flexibility index (Phi) is 7.52. The second kappa shape index (κ2) is 10.00.